The molecule has 2 aromatic heterocycles. The number of H-pyrrole nitrogens is 1. The highest BCUT2D eigenvalue weighted by atomic mass is 19.4. The van der Waals surface area contributed by atoms with E-state index < -0.39 is 36.0 Å². The predicted octanol–water partition coefficient (Wildman–Crippen LogP) is 5.60. The first-order valence-electron chi connectivity index (χ1n) is 11.5. The first-order chi connectivity index (χ1) is 17.9. The molecule has 0 fully saturated rings. The smallest absolute Gasteiger partial charge is 0.416 e. The third-order valence-electron chi connectivity index (χ3n) is 5.85. The van der Waals surface area contributed by atoms with E-state index in [2.05, 4.69) is 20.6 Å². The maximum absolute atomic E-state index is 13.4. The summed E-state index contributed by atoms with van der Waals surface area (Å²) in [5, 5.41) is 14.1. The summed E-state index contributed by atoms with van der Waals surface area (Å²) in [4.78, 5) is 14.3. The Labute approximate surface area is 212 Å². The van der Waals surface area contributed by atoms with Crippen LogP contribution < -0.4 is 4.90 Å². The molecule has 0 saturated heterocycles. The molecule has 0 aliphatic carbocycles. The third-order valence-corrected chi connectivity index (χ3v) is 5.85. The van der Waals surface area contributed by atoms with E-state index in [1.165, 1.54) is 4.90 Å². The van der Waals surface area contributed by atoms with Gasteiger partial charge in [-0.2, -0.15) is 31.6 Å². The largest absolute Gasteiger partial charge is 0.461 e. The van der Waals surface area contributed by atoms with Crippen LogP contribution in [0.2, 0.25) is 0 Å². The maximum atomic E-state index is 13.4. The predicted molar refractivity (Wildman–Crippen MR) is 124 cm³/mol. The van der Waals surface area contributed by atoms with Gasteiger partial charge in [0.1, 0.15) is 5.69 Å². The lowest BCUT2D eigenvalue weighted by Gasteiger charge is -2.23. The molecule has 8 nitrogen and oxygen atoms in total. The summed E-state index contributed by atoms with van der Waals surface area (Å²) < 4.78 is 87.7. The molecule has 0 saturated carbocycles. The van der Waals surface area contributed by atoms with Crippen LogP contribution in [0.25, 0.3) is 10.9 Å². The fraction of sp³-hybridized carbons (Fsp3) is 0.333. The number of ether oxygens (including phenoxy) is 1. The van der Waals surface area contributed by atoms with E-state index in [9.17, 15) is 31.1 Å². The Hall–Kier alpha value is -4.10. The Kier molecular flexibility index (Phi) is 7.33. The Morgan fingerprint density at radius 3 is 2.21 bits per heavy atom. The number of halogens is 6. The molecule has 38 heavy (non-hydrogen) atoms. The lowest BCUT2D eigenvalue weighted by atomic mass is 10.0. The van der Waals surface area contributed by atoms with Gasteiger partial charge in [-0.3, -0.25) is 0 Å². The average molecular weight is 540 g/mol. The van der Waals surface area contributed by atoms with Crippen molar-refractivity contribution in [3.05, 3.63) is 70.4 Å². The summed E-state index contributed by atoms with van der Waals surface area (Å²) in [5.74, 6) is -0.703. The summed E-state index contributed by atoms with van der Waals surface area (Å²) in [6, 6.07) is 8.45. The second kappa shape index (κ2) is 10.3. The molecule has 0 amide bonds. The number of nitrogens with one attached hydrogen (secondary N) is 1. The molecular formula is C24H22F6N6O2. The molecular weight excluding hydrogens is 518 g/mol. The van der Waals surface area contributed by atoms with Crippen molar-refractivity contribution in [3.8, 4) is 0 Å². The number of rotatable bonds is 8. The molecule has 14 heteroatoms. The van der Waals surface area contributed by atoms with Crippen LogP contribution in [-0.2, 0) is 36.7 Å². The number of benzene rings is 2. The molecule has 1 N–H and O–H groups in total. The fourth-order valence-corrected chi connectivity index (χ4v) is 4.31. The van der Waals surface area contributed by atoms with Crippen molar-refractivity contribution in [1.29, 1.82) is 0 Å². The molecule has 0 radical (unpaired) electrons. The number of esters is 1. The van der Waals surface area contributed by atoms with Crippen LogP contribution in [-0.4, -0.2) is 37.8 Å². The zero-order valence-electron chi connectivity index (χ0n) is 20.2. The van der Waals surface area contributed by atoms with E-state index in [0.29, 0.717) is 35.1 Å². The SMILES string of the molecule is CCOC(=O)c1c(CN(Cc2cc(C(F)(F)F)cc(C(F)(F)F)c2)c2nn[nH]n2)c2ccccc2n1CC. The Bertz CT molecular complexity index is 1400. The molecule has 2 heterocycles. The minimum atomic E-state index is -5.00. The molecule has 0 atom stereocenters. The summed E-state index contributed by atoms with van der Waals surface area (Å²) >= 11 is 0. The van der Waals surface area contributed by atoms with Crippen LogP contribution >= 0.6 is 0 Å². The van der Waals surface area contributed by atoms with E-state index in [0.717, 1.165) is 0 Å². The first-order valence-corrected chi connectivity index (χ1v) is 11.5. The van der Waals surface area contributed by atoms with Crippen molar-refractivity contribution in [1.82, 2.24) is 25.2 Å². The normalized spacial score (nSPS) is 12.2. The number of tetrazole rings is 1. The number of hydrogen-bond donors (Lipinski definition) is 1. The van der Waals surface area contributed by atoms with Crippen LogP contribution in [0, 0.1) is 0 Å². The molecule has 0 aliphatic rings. The Morgan fingerprint density at radius 2 is 1.66 bits per heavy atom. The number of aryl methyl sites for hydroxylation is 1. The highest BCUT2D eigenvalue weighted by Crippen LogP contribution is 2.37. The van der Waals surface area contributed by atoms with Gasteiger partial charge in [-0.15, -0.1) is 5.10 Å². The minimum absolute atomic E-state index is 0.0654. The van der Waals surface area contributed by atoms with Crippen molar-refractivity contribution < 1.29 is 35.9 Å². The highest BCUT2D eigenvalue weighted by Gasteiger charge is 2.37. The number of anilines is 1. The maximum Gasteiger partial charge on any atom is 0.416 e. The van der Waals surface area contributed by atoms with Gasteiger partial charge in [-0.25, -0.2) is 4.79 Å². The first kappa shape index (κ1) is 26.9. The summed E-state index contributed by atoms with van der Waals surface area (Å²) in [5.41, 5.74) is -1.79. The number of carbonyl (C=O) groups is 1. The van der Waals surface area contributed by atoms with E-state index >= 15 is 0 Å². The number of para-hydroxylation sites is 1. The summed E-state index contributed by atoms with van der Waals surface area (Å²) in [6.07, 6.45) is -10.0. The van der Waals surface area contributed by atoms with Crippen LogP contribution in [0.4, 0.5) is 32.3 Å². The fourth-order valence-electron chi connectivity index (χ4n) is 4.31. The van der Waals surface area contributed by atoms with Gasteiger partial charge in [0.25, 0.3) is 5.95 Å². The van der Waals surface area contributed by atoms with Crippen LogP contribution in [0.3, 0.4) is 0 Å². The van der Waals surface area contributed by atoms with Crippen molar-refractivity contribution in [2.75, 3.05) is 11.5 Å². The Balaban J connectivity index is 1.85. The highest BCUT2D eigenvalue weighted by molar-refractivity contribution is 5.99. The van der Waals surface area contributed by atoms with Crippen molar-refractivity contribution in [3.63, 3.8) is 0 Å². The van der Waals surface area contributed by atoms with Crippen molar-refractivity contribution in [2.45, 2.75) is 45.8 Å². The minimum Gasteiger partial charge on any atom is -0.461 e. The van der Waals surface area contributed by atoms with E-state index in [4.69, 9.17) is 4.74 Å². The van der Waals surface area contributed by atoms with E-state index in [1.54, 1.807) is 35.8 Å². The number of aromatic amines is 1. The molecule has 2 aromatic carbocycles. The van der Waals surface area contributed by atoms with Gasteiger partial charge in [-0.1, -0.05) is 23.3 Å². The van der Waals surface area contributed by atoms with E-state index in [-0.39, 0.29) is 36.4 Å². The van der Waals surface area contributed by atoms with Crippen LogP contribution in [0.15, 0.2) is 42.5 Å². The lowest BCUT2D eigenvalue weighted by molar-refractivity contribution is -0.143. The van der Waals surface area contributed by atoms with Gasteiger partial charge in [0.2, 0.25) is 0 Å². The van der Waals surface area contributed by atoms with Gasteiger partial charge in [0, 0.05) is 36.1 Å². The van der Waals surface area contributed by atoms with Crippen LogP contribution in [0.5, 0.6) is 0 Å². The van der Waals surface area contributed by atoms with Gasteiger partial charge >= 0.3 is 18.3 Å². The third kappa shape index (κ3) is 5.43. The number of alkyl halides is 6. The standard InChI is InChI=1S/C24H22F6N6O2/c1-3-36-19-8-6-5-7-17(19)18(20(36)21(37)38-4-2)13-35(22-31-33-34-32-22)12-14-9-15(23(25,26)27)11-16(10-14)24(28,29)30/h5-11H,3-4,12-13H2,1-2H3,(H,31,32,33,34). The van der Waals surface area contributed by atoms with Crippen molar-refractivity contribution in [2.24, 2.45) is 0 Å². The molecule has 0 aliphatic heterocycles. The summed E-state index contributed by atoms with van der Waals surface area (Å²) in [7, 11) is 0. The summed E-state index contributed by atoms with van der Waals surface area (Å²) in [6.45, 7) is 3.40. The number of nitrogens with zero attached hydrogens (tertiary/aromatic N) is 5. The zero-order chi connectivity index (χ0) is 27.7. The number of fused-ring (bicyclic) bond motifs is 1. The number of hydrogen-bond acceptors (Lipinski definition) is 6. The second-order valence-corrected chi connectivity index (χ2v) is 8.29. The zero-order valence-corrected chi connectivity index (χ0v) is 20.2. The quantitative estimate of drug-likeness (QED) is 0.231. The molecule has 202 valence electrons. The molecule has 4 aromatic rings. The number of aromatic nitrogens is 5. The number of carbonyl (C=O) groups excluding carboxylic acids is 1. The lowest BCUT2D eigenvalue weighted by Crippen LogP contribution is -2.26. The monoisotopic (exact) mass is 540 g/mol. The molecule has 0 spiro atoms. The molecule has 4 rings (SSSR count). The average Bonchev–Trinajstić information content (AvgIpc) is 3.49. The van der Waals surface area contributed by atoms with Gasteiger partial charge in [-0.05, 0) is 48.9 Å². The van der Waals surface area contributed by atoms with Gasteiger partial charge in [0.05, 0.1) is 17.7 Å². The second-order valence-electron chi connectivity index (χ2n) is 8.29. The van der Waals surface area contributed by atoms with Crippen molar-refractivity contribution >= 4 is 22.8 Å². The van der Waals surface area contributed by atoms with Gasteiger partial charge < -0.3 is 14.2 Å². The van der Waals surface area contributed by atoms with Crippen LogP contribution in [0.1, 0.15) is 46.6 Å². The topological polar surface area (TPSA) is 88.9 Å². The molecule has 0 unspecified atom stereocenters. The van der Waals surface area contributed by atoms with Gasteiger partial charge in [0.15, 0.2) is 0 Å². The van der Waals surface area contributed by atoms with E-state index in [1.807, 2.05) is 6.92 Å². The molecule has 0 bridgehead atoms. The Morgan fingerprint density at radius 1 is 1.00 bits per heavy atom.